The number of nitrogens with two attached hydrogens (primary N) is 1. The van der Waals surface area contributed by atoms with Crippen LogP contribution in [0.3, 0.4) is 0 Å². The smallest absolute Gasteiger partial charge is 0.223 e. The van der Waals surface area contributed by atoms with Crippen LogP contribution < -0.4 is 11.1 Å². The van der Waals surface area contributed by atoms with Crippen molar-refractivity contribution in [2.24, 2.45) is 5.73 Å². The van der Waals surface area contributed by atoms with Gasteiger partial charge in [0, 0.05) is 32.2 Å². The van der Waals surface area contributed by atoms with Crippen LogP contribution >= 0.6 is 15.9 Å². The van der Waals surface area contributed by atoms with Crippen molar-refractivity contribution in [1.82, 2.24) is 9.97 Å². The lowest BCUT2D eigenvalue weighted by molar-refractivity contribution is 0.0625. The normalized spacial score (nSPS) is 19.4. The van der Waals surface area contributed by atoms with Gasteiger partial charge in [-0.3, -0.25) is 0 Å². The van der Waals surface area contributed by atoms with E-state index < -0.39 is 0 Å². The minimum atomic E-state index is -0.119. The van der Waals surface area contributed by atoms with Crippen LogP contribution in [0.15, 0.2) is 16.9 Å². The summed E-state index contributed by atoms with van der Waals surface area (Å²) < 4.78 is 6.21. The Morgan fingerprint density at radius 2 is 2.00 bits per heavy atom. The number of hydrogen-bond acceptors (Lipinski definition) is 5. The molecule has 88 valence electrons. The zero-order valence-electron chi connectivity index (χ0n) is 8.95. The van der Waals surface area contributed by atoms with Gasteiger partial charge in [-0.2, -0.15) is 0 Å². The fraction of sp³-hybridized carbons (Fsp3) is 0.600. The molecule has 1 aliphatic rings. The molecule has 0 saturated carbocycles. The molecule has 1 saturated heterocycles. The van der Waals surface area contributed by atoms with E-state index in [1.807, 2.05) is 0 Å². The maximum atomic E-state index is 5.83. The largest absolute Gasteiger partial charge is 0.381 e. The van der Waals surface area contributed by atoms with Crippen LogP contribution in [0.2, 0.25) is 0 Å². The van der Waals surface area contributed by atoms with E-state index in [0.29, 0.717) is 12.5 Å². The first-order valence-corrected chi connectivity index (χ1v) is 6.07. The van der Waals surface area contributed by atoms with Gasteiger partial charge in [-0.1, -0.05) is 0 Å². The Balaban J connectivity index is 2.08. The van der Waals surface area contributed by atoms with Crippen molar-refractivity contribution in [3.63, 3.8) is 0 Å². The fourth-order valence-electron chi connectivity index (χ4n) is 1.76. The Morgan fingerprint density at radius 1 is 1.38 bits per heavy atom. The van der Waals surface area contributed by atoms with E-state index in [2.05, 4.69) is 31.2 Å². The van der Waals surface area contributed by atoms with Crippen LogP contribution in [-0.4, -0.2) is 35.3 Å². The Morgan fingerprint density at radius 3 is 2.56 bits per heavy atom. The molecule has 1 fully saturated rings. The van der Waals surface area contributed by atoms with E-state index in [-0.39, 0.29) is 5.54 Å². The van der Waals surface area contributed by atoms with Gasteiger partial charge in [0.2, 0.25) is 5.95 Å². The second-order valence-electron chi connectivity index (χ2n) is 3.95. The molecule has 2 rings (SSSR count). The summed E-state index contributed by atoms with van der Waals surface area (Å²) in [5, 5.41) is 3.32. The molecule has 6 heteroatoms. The number of nitrogens with one attached hydrogen (secondary N) is 1. The van der Waals surface area contributed by atoms with Crippen molar-refractivity contribution in [3.8, 4) is 0 Å². The highest BCUT2D eigenvalue weighted by molar-refractivity contribution is 9.10. The van der Waals surface area contributed by atoms with Crippen molar-refractivity contribution < 1.29 is 4.74 Å². The average molecular weight is 287 g/mol. The molecule has 16 heavy (non-hydrogen) atoms. The highest BCUT2D eigenvalue weighted by Gasteiger charge is 2.31. The van der Waals surface area contributed by atoms with E-state index >= 15 is 0 Å². The van der Waals surface area contributed by atoms with Gasteiger partial charge in [0.25, 0.3) is 0 Å². The summed E-state index contributed by atoms with van der Waals surface area (Å²) in [5.74, 6) is 0.621. The summed E-state index contributed by atoms with van der Waals surface area (Å²) in [7, 11) is 0. The van der Waals surface area contributed by atoms with Gasteiger partial charge in [-0.15, -0.1) is 0 Å². The van der Waals surface area contributed by atoms with Gasteiger partial charge in [0.1, 0.15) is 0 Å². The molecule has 0 unspecified atom stereocenters. The summed E-state index contributed by atoms with van der Waals surface area (Å²) in [6.07, 6.45) is 5.23. The molecule has 0 aliphatic carbocycles. The van der Waals surface area contributed by atoms with E-state index in [9.17, 15) is 0 Å². The van der Waals surface area contributed by atoms with Crippen molar-refractivity contribution in [3.05, 3.63) is 16.9 Å². The number of anilines is 1. The molecule has 3 N–H and O–H groups in total. The Kier molecular flexibility index (Phi) is 3.73. The molecule has 1 aromatic heterocycles. The number of ether oxygens (including phenoxy) is 1. The number of aromatic nitrogens is 2. The zero-order chi connectivity index (χ0) is 11.4. The third-order valence-electron chi connectivity index (χ3n) is 2.84. The average Bonchev–Trinajstić information content (AvgIpc) is 2.33. The fourth-order valence-corrected chi connectivity index (χ4v) is 1.96. The van der Waals surface area contributed by atoms with Crippen LogP contribution in [0.5, 0.6) is 0 Å². The second kappa shape index (κ2) is 5.07. The van der Waals surface area contributed by atoms with Crippen LogP contribution in [0, 0.1) is 0 Å². The first-order chi connectivity index (χ1) is 7.74. The standard InChI is InChI=1S/C10H15BrN4O/c11-8-5-13-9(14-6-8)15-10(7-12)1-3-16-4-2-10/h5-6H,1-4,7,12H2,(H,13,14,15). The van der Waals surface area contributed by atoms with Gasteiger partial charge in [-0.25, -0.2) is 9.97 Å². The lowest BCUT2D eigenvalue weighted by atomic mass is 9.90. The minimum absolute atomic E-state index is 0.119. The maximum absolute atomic E-state index is 5.83. The number of hydrogen-bond donors (Lipinski definition) is 2. The Bertz CT molecular complexity index is 337. The van der Waals surface area contributed by atoms with E-state index in [0.717, 1.165) is 30.5 Å². The third-order valence-corrected chi connectivity index (χ3v) is 3.25. The van der Waals surface area contributed by atoms with Gasteiger partial charge in [0.05, 0.1) is 10.0 Å². The lowest BCUT2D eigenvalue weighted by Gasteiger charge is -2.36. The molecule has 5 nitrogen and oxygen atoms in total. The van der Waals surface area contributed by atoms with Gasteiger partial charge < -0.3 is 15.8 Å². The summed E-state index contributed by atoms with van der Waals surface area (Å²) >= 11 is 3.30. The van der Waals surface area contributed by atoms with E-state index in [1.165, 1.54) is 0 Å². The van der Waals surface area contributed by atoms with E-state index in [1.54, 1.807) is 12.4 Å². The summed E-state index contributed by atoms with van der Waals surface area (Å²) in [4.78, 5) is 8.40. The maximum Gasteiger partial charge on any atom is 0.223 e. The molecule has 0 radical (unpaired) electrons. The SMILES string of the molecule is NCC1(Nc2ncc(Br)cn2)CCOCC1. The Hall–Kier alpha value is -0.720. The van der Waals surface area contributed by atoms with Gasteiger partial charge in [0.15, 0.2) is 0 Å². The highest BCUT2D eigenvalue weighted by atomic mass is 79.9. The highest BCUT2D eigenvalue weighted by Crippen LogP contribution is 2.23. The lowest BCUT2D eigenvalue weighted by Crippen LogP contribution is -2.50. The molecule has 0 amide bonds. The summed E-state index contributed by atoms with van der Waals surface area (Å²) in [6.45, 7) is 2.04. The number of rotatable bonds is 3. The molecular weight excluding hydrogens is 272 g/mol. The van der Waals surface area contributed by atoms with Crippen LogP contribution in [0.1, 0.15) is 12.8 Å². The van der Waals surface area contributed by atoms with Gasteiger partial charge >= 0.3 is 0 Å². The van der Waals surface area contributed by atoms with E-state index in [4.69, 9.17) is 10.5 Å². The topological polar surface area (TPSA) is 73.1 Å². The molecule has 1 aromatic rings. The second-order valence-corrected chi connectivity index (χ2v) is 4.86. The van der Waals surface area contributed by atoms with Crippen molar-refractivity contribution >= 4 is 21.9 Å². The van der Waals surface area contributed by atoms with Gasteiger partial charge in [-0.05, 0) is 28.8 Å². The zero-order valence-corrected chi connectivity index (χ0v) is 10.5. The van der Waals surface area contributed by atoms with Crippen LogP contribution in [0.25, 0.3) is 0 Å². The summed E-state index contributed by atoms with van der Waals surface area (Å²) in [6, 6.07) is 0. The number of nitrogens with zero attached hydrogens (tertiary/aromatic N) is 2. The predicted molar refractivity (Wildman–Crippen MR) is 65.2 cm³/mol. The third kappa shape index (κ3) is 2.69. The first-order valence-electron chi connectivity index (χ1n) is 5.28. The molecule has 0 aromatic carbocycles. The van der Waals surface area contributed by atoms with Crippen molar-refractivity contribution in [1.29, 1.82) is 0 Å². The molecule has 2 heterocycles. The van der Waals surface area contributed by atoms with Crippen molar-refractivity contribution in [2.45, 2.75) is 18.4 Å². The summed E-state index contributed by atoms with van der Waals surface area (Å²) in [5.41, 5.74) is 5.71. The van der Waals surface area contributed by atoms with Crippen molar-refractivity contribution in [2.75, 3.05) is 25.1 Å². The van der Waals surface area contributed by atoms with Crippen LogP contribution in [-0.2, 0) is 4.74 Å². The monoisotopic (exact) mass is 286 g/mol. The molecule has 0 bridgehead atoms. The van der Waals surface area contributed by atoms with Crippen LogP contribution in [0.4, 0.5) is 5.95 Å². The molecule has 0 atom stereocenters. The quantitative estimate of drug-likeness (QED) is 0.872. The molecular formula is C10H15BrN4O. The minimum Gasteiger partial charge on any atom is -0.381 e. The first kappa shape index (κ1) is 11.8. The molecule has 0 spiro atoms. The predicted octanol–water partition coefficient (Wildman–Crippen LogP) is 1.16. The number of halogens is 1. The molecule has 1 aliphatic heterocycles. The Labute approximate surface area is 103 Å².